The second kappa shape index (κ2) is 8.17. The van der Waals surface area contributed by atoms with E-state index in [4.69, 9.17) is 5.73 Å². The van der Waals surface area contributed by atoms with Gasteiger partial charge in [-0.2, -0.15) is 0 Å². The number of hydrogen-bond donors (Lipinski definition) is 2. The van der Waals surface area contributed by atoms with Gasteiger partial charge in [0, 0.05) is 0 Å². The van der Waals surface area contributed by atoms with Gasteiger partial charge in [0.1, 0.15) is 5.54 Å². The van der Waals surface area contributed by atoms with Gasteiger partial charge in [0.2, 0.25) is 11.8 Å². The van der Waals surface area contributed by atoms with Crippen LogP contribution in [-0.4, -0.2) is 17.4 Å². The van der Waals surface area contributed by atoms with E-state index in [0.29, 0.717) is 12.8 Å². The van der Waals surface area contributed by atoms with E-state index in [1.807, 2.05) is 42.5 Å². The van der Waals surface area contributed by atoms with Crippen LogP contribution in [0, 0.1) is 0 Å². The Morgan fingerprint density at radius 1 is 0.846 bits per heavy atom. The summed E-state index contributed by atoms with van der Waals surface area (Å²) in [4.78, 5) is 24.6. The summed E-state index contributed by atoms with van der Waals surface area (Å²) < 4.78 is 0. The zero-order valence-electron chi connectivity index (χ0n) is 15.0. The van der Waals surface area contributed by atoms with Crippen molar-refractivity contribution in [1.29, 1.82) is 0 Å². The predicted octanol–water partition coefficient (Wildman–Crippen LogP) is 3.59. The maximum atomic E-state index is 12.5. The summed E-state index contributed by atoms with van der Waals surface area (Å²) in [6, 6.07) is 18.1. The number of carbonyl (C=O) groups is 2. The molecule has 2 amide bonds. The highest BCUT2D eigenvalue weighted by Gasteiger charge is 2.38. The fourth-order valence-corrected chi connectivity index (χ4v) is 3.71. The highest BCUT2D eigenvalue weighted by atomic mass is 16.2. The Morgan fingerprint density at radius 2 is 1.42 bits per heavy atom. The number of amides is 2. The minimum absolute atomic E-state index is 0.141. The van der Waals surface area contributed by atoms with Crippen LogP contribution in [0.5, 0.6) is 0 Å². The molecule has 3 N–H and O–H groups in total. The minimum atomic E-state index is -0.877. The van der Waals surface area contributed by atoms with Crippen LogP contribution >= 0.6 is 0 Å². The van der Waals surface area contributed by atoms with E-state index in [-0.39, 0.29) is 12.3 Å². The molecular formula is C22H26N2O2. The maximum Gasteiger partial charge on any atom is 0.243 e. The van der Waals surface area contributed by atoms with Gasteiger partial charge in [-0.3, -0.25) is 9.59 Å². The van der Waals surface area contributed by atoms with E-state index in [9.17, 15) is 9.59 Å². The molecule has 0 spiro atoms. The molecule has 0 aromatic heterocycles. The summed E-state index contributed by atoms with van der Waals surface area (Å²) in [6.07, 6.45) is 5.56. The molecule has 3 rings (SSSR count). The van der Waals surface area contributed by atoms with E-state index in [1.165, 1.54) is 0 Å². The van der Waals surface area contributed by atoms with Gasteiger partial charge in [-0.15, -0.1) is 0 Å². The Balaban J connectivity index is 1.66. The van der Waals surface area contributed by atoms with Crippen LogP contribution in [0.25, 0.3) is 11.1 Å². The highest BCUT2D eigenvalue weighted by Crippen LogP contribution is 2.27. The van der Waals surface area contributed by atoms with Gasteiger partial charge in [0.25, 0.3) is 0 Å². The monoisotopic (exact) mass is 350 g/mol. The summed E-state index contributed by atoms with van der Waals surface area (Å²) in [5, 5.41) is 2.95. The lowest BCUT2D eigenvalue weighted by molar-refractivity contribution is -0.131. The van der Waals surface area contributed by atoms with Gasteiger partial charge in [-0.05, 0) is 29.5 Å². The van der Waals surface area contributed by atoms with Gasteiger partial charge < -0.3 is 11.1 Å². The molecule has 0 atom stereocenters. The number of benzene rings is 2. The molecule has 2 aromatic carbocycles. The number of nitrogens with two attached hydrogens (primary N) is 1. The van der Waals surface area contributed by atoms with Gasteiger partial charge >= 0.3 is 0 Å². The van der Waals surface area contributed by atoms with Crippen LogP contribution in [0.15, 0.2) is 54.6 Å². The van der Waals surface area contributed by atoms with E-state index in [0.717, 1.165) is 42.4 Å². The molecular weight excluding hydrogens is 324 g/mol. The molecule has 2 aromatic rings. The van der Waals surface area contributed by atoms with E-state index < -0.39 is 11.4 Å². The Morgan fingerprint density at radius 3 is 2.00 bits per heavy atom. The van der Waals surface area contributed by atoms with E-state index in [1.54, 1.807) is 0 Å². The second-order valence-electron chi connectivity index (χ2n) is 7.15. The summed E-state index contributed by atoms with van der Waals surface area (Å²) in [7, 11) is 0. The first-order valence-electron chi connectivity index (χ1n) is 9.34. The third-order valence-electron chi connectivity index (χ3n) is 5.23. The molecule has 1 fully saturated rings. The van der Waals surface area contributed by atoms with Gasteiger partial charge in [0.15, 0.2) is 0 Å². The first-order valence-corrected chi connectivity index (χ1v) is 9.34. The Hall–Kier alpha value is -2.62. The first-order chi connectivity index (χ1) is 12.6. The average Bonchev–Trinajstić information content (AvgIpc) is 2.89. The van der Waals surface area contributed by atoms with Gasteiger partial charge in [-0.1, -0.05) is 80.3 Å². The minimum Gasteiger partial charge on any atom is -0.368 e. The molecule has 0 saturated heterocycles. The van der Waals surface area contributed by atoms with E-state index >= 15 is 0 Å². The number of rotatable bonds is 5. The van der Waals surface area contributed by atoms with Crippen molar-refractivity contribution in [3.63, 3.8) is 0 Å². The van der Waals surface area contributed by atoms with Crippen LogP contribution in [0.4, 0.5) is 0 Å². The Labute approximate surface area is 154 Å². The quantitative estimate of drug-likeness (QED) is 0.809. The lowest BCUT2D eigenvalue weighted by Gasteiger charge is -2.30. The third kappa shape index (κ3) is 4.31. The topological polar surface area (TPSA) is 72.2 Å². The molecule has 0 heterocycles. The van der Waals surface area contributed by atoms with Crippen LogP contribution in [0.1, 0.15) is 44.1 Å². The van der Waals surface area contributed by atoms with Crippen molar-refractivity contribution in [2.24, 2.45) is 5.73 Å². The number of primary amides is 1. The Bertz CT molecular complexity index is 745. The largest absolute Gasteiger partial charge is 0.368 e. The summed E-state index contributed by atoms with van der Waals surface area (Å²) in [5.74, 6) is -0.551. The van der Waals surface area contributed by atoms with Crippen molar-refractivity contribution >= 4 is 11.8 Å². The fourth-order valence-electron chi connectivity index (χ4n) is 3.71. The van der Waals surface area contributed by atoms with E-state index in [2.05, 4.69) is 17.4 Å². The van der Waals surface area contributed by atoms with Crippen LogP contribution < -0.4 is 11.1 Å². The molecule has 1 aliphatic rings. The zero-order chi connectivity index (χ0) is 18.4. The first kappa shape index (κ1) is 18.2. The van der Waals surface area contributed by atoms with Crippen molar-refractivity contribution in [2.75, 3.05) is 0 Å². The molecule has 26 heavy (non-hydrogen) atoms. The second-order valence-corrected chi connectivity index (χ2v) is 7.15. The summed E-state index contributed by atoms with van der Waals surface area (Å²) >= 11 is 0. The van der Waals surface area contributed by atoms with Crippen molar-refractivity contribution in [3.05, 3.63) is 60.2 Å². The molecule has 1 aliphatic carbocycles. The summed E-state index contributed by atoms with van der Waals surface area (Å²) in [5.41, 5.74) is 7.96. The molecule has 4 nitrogen and oxygen atoms in total. The number of carbonyl (C=O) groups excluding carboxylic acids is 2. The standard InChI is InChI=1S/C22H26N2O2/c23-21(26)22(14-6-1-2-7-15-22)24-20(25)16-17-10-12-19(13-11-17)18-8-4-3-5-9-18/h3-5,8-13H,1-2,6-7,14-16H2,(H2,23,26)(H,24,25). The lowest BCUT2D eigenvalue weighted by atomic mass is 9.89. The third-order valence-corrected chi connectivity index (χ3v) is 5.23. The molecule has 1 saturated carbocycles. The normalized spacial score (nSPS) is 16.5. The number of nitrogens with one attached hydrogen (secondary N) is 1. The SMILES string of the molecule is NC(=O)C1(NC(=O)Cc2ccc(-c3ccccc3)cc2)CCCCCC1. The van der Waals surface area contributed by atoms with Crippen molar-refractivity contribution in [1.82, 2.24) is 5.32 Å². The van der Waals surface area contributed by atoms with Crippen LogP contribution in [0.3, 0.4) is 0 Å². The summed E-state index contributed by atoms with van der Waals surface area (Å²) in [6.45, 7) is 0. The maximum absolute atomic E-state index is 12.5. The molecule has 0 aliphatic heterocycles. The van der Waals surface area contributed by atoms with Gasteiger partial charge in [0.05, 0.1) is 6.42 Å². The van der Waals surface area contributed by atoms with Crippen LogP contribution in [0.2, 0.25) is 0 Å². The molecule has 136 valence electrons. The number of hydrogen-bond acceptors (Lipinski definition) is 2. The molecule has 0 bridgehead atoms. The highest BCUT2D eigenvalue weighted by molar-refractivity contribution is 5.91. The average molecular weight is 350 g/mol. The lowest BCUT2D eigenvalue weighted by Crippen LogP contribution is -2.57. The van der Waals surface area contributed by atoms with Crippen molar-refractivity contribution in [2.45, 2.75) is 50.5 Å². The fraction of sp³-hybridized carbons (Fsp3) is 0.364. The van der Waals surface area contributed by atoms with Gasteiger partial charge in [-0.25, -0.2) is 0 Å². The molecule has 0 unspecified atom stereocenters. The Kier molecular flexibility index (Phi) is 5.71. The van der Waals surface area contributed by atoms with Crippen molar-refractivity contribution in [3.8, 4) is 11.1 Å². The van der Waals surface area contributed by atoms with Crippen LogP contribution in [-0.2, 0) is 16.0 Å². The van der Waals surface area contributed by atoms with Crippen molar-refractivity contribution < 1.29 is 9.59 Å². The molecule has 0 radical (unpaired) electrons. The zero-order valence-corrected chi connectivity index (χ0v) is 15.0. The molecule has 4 heteroatoms. The predicted molar refractivity (Wildman–Crippen MR) is 103 cm³/mol. The smallest absolute Gasteiger partial charge is 0.243 e.